The number of rotatable bonds is 6. The fraction of sp³-hybridized carbons (Fsp3) is 0.0833. The predicted octanol–water partition coefficient (Wildman–Crippen LogP) is 7.08. The monoisotopic (exact) mass is 470 g/mol. The highest BCUT2D eigenvalue weighted by Crippen LogP contribution is 2.25. The zero-order valence-electron chi connectivity index (χ0n) is 16.5. The van der Waals surface area contributed by atoms with E-state index >= 15 is 0 Å². The average molecular weight is 472 g/mol. The standard InChI is InChI=1S/C24H17Cl3N2O2/c1-15-20(25)3-2-4-23(15)29-24(30)18(13-28)11-16-5-8-19(9-6-16)31-14-17-7-10-21(26)22(27)12-17/h2-12H,14H2,1H3,(H,29,30)/b18-11-. The summed E-state index contributed by atoms with van der Waals surface area (Å²) < 4.78 is 5.74. The molecule has 0 heterocycles. The van der Waals surface area contributed by atoms with Crippen molar-refractivity contribution in [2.45, 2.75) is 13.5 Å². The number of nitrogens with zero attached hydrogens (tertiary/aromatic N) is 1. The van der Waals surface area contributed by atoms with E-state index in [1.165, 1.54) is 6.08 Å². The first kappa shape index (κ1) is 22.7. The lowest BCUT2D eigenvalue weighted by Gasteiger charge is -2.09. The van der Waals surface area contributed by atoms with Gasteiger partial charge in [0.25, 0.3) is 5.91 Å². The Morgan fingerprint density at radius 1 is 1.03 bits per heavy atom. The fourth-order valence-corrected chi connectivity index (χ4v) is 3.20. The Labute approximate surface area is 195 Å². The summed E-state index contributed by atoms with van der Waals surface area (Å²) in [5.74, 6) is 0.133. The summed E-state index contributed by atoms with van der Waals surface area (Å²) in [7, 11) is 0. The van der Waals surface area contributed by atoms with Crippen LogP contribution in [0.15, 0.2) is 66.2 Å². The van der Waals surface area contributed by atoms with E-state index in [0.29, 0.717) is 38.7 Å². The van der Waals surface area contributed by atoms with Crippen molar-refractivity contribution in [3.05, 3.63) is 98.0 Å². The predicted molar refractivity (Wildman–Crippen MR) is 126 cm³/mol. The maximum absolute atomic E-state index is 12.5. The van der Waals surface area contributed by atoms with Gasteiger partial charge >= 0.3 is 0 Å². The molecule has 3 rings (SSSR count). The number of carbonyl (C=O) groups excluding carboxylic acids is 1. The number of amides is 1. The van der Waals surface area contributed by atoms with E-state index in [-0.39, 0.29) is 5.57 Å². The minimum absolute atomic E-state index is 0.0242. The first-order valence-electron chi connectivity index (χ1n) is 9.22. The number of hydrogen-bond donors (Lipinski definition) is 1. The number of hydrogen-bond acceptors (Lipinski definition) is 3. The normalized spacial score (nSPS) is 11.0. The Kier molecular flexibility index (Phi) is 7.59. The van der Waals surface area contributed by atoms with Gasteiger partial charge in [0, 0.05) is 10.7 Å². The summed E-state index contributed by atoms with van der Waals surface area (Å²) in [6, 6.07) is 19.5. The molecule has 3 aromatic rings. The molecular weight excluding hydrogens is 455 g/mol. The summed E-state index contributed by atoms with van der Waals surface area (Å²) >= 11 is 18.0. The second-order valence-corrected chi connectivity index (χ2v) is 7.86. The van der Waals surface area contributed by atoms with Crippen molar-refractivity contribution < 1.29 is 9.53 Å². The molecule has 0 aliphatic heterocycles. The summed E-state index contributed by atoms with van der Waals surface area (Å²) in [6.07, 6.45) is 1.51. The van der Waals surface area contributed by atoms with Crippen LogP contribution in [0.1, 0.15) is 16.7 Å². The molecule has 0 aromatic heterocycles. The minimum Gasteiger partial charge on any atom is -0.489 e. The lowest BCUT2D eigenvalue weighted by Crippen LogP contribution is -2.14. The first-order valence-corrected chi connectivity index (χ1v) is 10.4. The molecule has 0 aliphatic rings. The molecule has 4 nitrogen and oxygen atoms in total. The zero-order chi connectivity index (χ0) is 22.4. The van der Waals surface area contributed by atoms with Crippen LogP contribution in [-0.4, -0.2) is 5.91 Å². The Morgan fingerprint density at radius 2 is 1.77 bits per heavy atom. The van der Waals surface area contributed by atoms with Crippen LogP contribution in [0, 0.1) is 18.3 Å². The topological polar surface area (TPSA) is 62.1 Å². The maximum Gasteiger partial charge on any atom is 0.266 e. The van der Waals surface area contributed by atoms with Crippen LogP contribution in [0.2, 0.25) is 15.1 Å². The van der Waals surface area contributed by atoms with Gasteiger partial charge in [-0.25, -0.2) is 0 Å². The van der Waals surface area contributed by atoms with Crippen LogP contribution in [-0.2, 0) is 11.4 Å². The van der Waals surface area contributed by atoms with Gasteiger partial charge in [-0.3, -0.25) is 4.79 Å². The fourth-order valence-electron chi connectivity index (χ4n) is 2.70. The molecule has 0 spiro atoms. The maximum atomic E-state index is 12.5. The SMILES string of the molecule is Cc1c(Cl)cccc1NC(=O)/C(C#N)=C\c1ccc(OCc2ccc(Cl)c(Cl)c2)cc1. The summed E-state index contributed by atoms with van der Waals surface area (Å²) in [5.41, 5.74) is 2.85. The summed E-state index contributed by atoms with van der Waals surface area (Å²) in [4.78, 5) is 12.5. The molecule has 0 saturated carbocycles. The number of carbonyl (C=O) groups is 1. The van der Waals surface area contributed by atoms with Crippen molar-refractivity contribution in [3.8, 4) is 11.8 Å². The molecule has 0 unspecified atom stereocenters. The highest BCUT2D eigenvalue weighted by atomic mass is 35.5. The van der Waals surface area contributed by atoms with E-state index in [1.807, 2.05) is 12.1 Å². The average Bonchev–Trinajstić information content (AvgIpc) is 2.76. The van der Waals surface area contributed by atoms with Crippen molar-refractivity contribution in [2.75, 3.05) is 5.32 Å². The van der Waals surface area contributed by atoms with E-state index in [2.05, 4.69) is 5.32 Å². The molecule has 0 saturated heterocycles. The Balaban J connectivity index is 1.67. The molecule has 0 fully saturated rings. The number of halogens is 3. The highest BCUT2D eigenvalue weighted by molar-refractivity contribution is 6.42. The molecule has 0 radical (unpaired) electrons. The van der Waals surface area contributed by atoms with E-state index in [0.717, 1.165) is 11.1 Å². The summed E-state index contributed by atoms with van der Waals surface area (Å²) in [5, 5.41) is 13.6. The minimum atomic E-state index is -0.507. The number of anilines is 1. The van der Waals surface area contributed by atoms with Crippen molar-refractivity contribution in [2.24, 2.45) is 0 Å². The second-order valence-electron chi connectivity index (χ2n) is 6.64. The van der Waals surface area contributed by atoms with Crippen LogP contribution in [0.25, 0.3) is 6.08 Å². The van der Waals surface area contributed by atoms with Gasteiger partial charge in [0.15, 0.2) is 0 Å². The quantitative estimate of drug-likeness (QED) is 0.308. The Bertz CT molecular complexity index is 1180. The van der Waals surface area contributed by atoms with Crippen LogP contribution in [0.3, 0.4) is 0 Å². The number of ether oxygens (including phenoxy) is 1. The van der Waals surface area contributed by atoms with E-state index in [4.69, 9.17) is 39.5 Å². The first-order chi connectivity index (χ1) is 14.9. The van der Waals surface area contributed by atoms with Gasteiger partial charge in [0.05, 0.1) is 10.0 Å². The second kappa shape index (κ2) is 10.4. The van der Waals surface area contributed by atoms with Crippen LogP contribution < -0.4 is 10.1 Å². The molecule has 1 N–H and O–H groups in total. The van der Waals surface area contributed by atoms with Crippen molar-refractivity contribution in [3.63, 3.8) is 0 Å². The van der Waals surface area contributed by atoms with Gasteiger partial charge in [0.2, 0.25) is 0 Å². The Hall–Kier alpha value is -2.97. The smallest absolute Gasteiger partial charge is 0.266 e. The van der Waals surface area contributed by atoms with Crippen LogP contribution >= 0.6 is 34.8 Å². The number of nitrogens with one attached hydrogen (secondary N) is 1. The van der Waals surface area contributed by atoms with Gasteiger partial charge in [-0.1, -0.05) is 59.1 Å². The Morgan fingerprint density at radius 3 is 2.45 bits per heavy atom. The molecule has 0 aliphatic carbocycles. The van der Waals surface area contributed by atoms with E-state index in [1.54, 1.807) is 61.5 Å². The highest BCUT2D eigenvalue weighted by Gasteiger charge is 2.12. The molecule has 7 heteroatoms. The largest absolute Gasteiger partial charge is 0.489 e. The molecule has 0 atom stereocenters. The molecule has 0 bridgehead atoms. The van der Waals surface area contributed by atoms with Crippen molar-refractivity contribution >= 4 is 52.5 Å². The molecular formula is C24H17Cl3N2O2. The van der Waals surface area contributed by atoms with Crippen molar-refractivity contribution in [1.29, 1.82) is 5.26 Å². The lowest BCUT2D eigenvalue weighted by atomic mass is 10.1. The van der Waals surface area contributed by atoms with Gasteiger partial charge in [0.1, 0.15) is 24.0 Å². The van der Waals surface area contributed by atoms with Crippen molar-refractivity contribution in [1.82, 2.24) is 0 Å². The van der Waals surface area contributed by atoms with Gasteiger partial charge in [-0.05, 0) is 66.1 Å². The third kappa shape index (κ3) is 6.02. The van der Waals surface area contributed by atoms with Gasteiger partial charge < -0.3 is 10.1 Å². The van der Waals surface area contributed by atoms with Crippen LogP contribution in [0.4, 0.5) is 5.69 Å². The third-order valence-electron chi connectivity index (χ3n) is 4.46. The molecule has 1 amide bonds. The molecule has 156 valence electrons. The number of nitriles is 1. The molecule has 3 aromatic carbocycles. The third-order valence-corrected chi connectivity index (χ3v) is 5.61. The molecule has 31 heavy (non-hydrogen) atoms. The van der Waals surface area contributed by atoms with E-state index in [9.17, 15) is 10.1 Å². The van der Waals surface area contributed by atoms with Gasteiger partial charge in [-0.15, -0.1) is 0 Å². The van der Waals surface area contributed by atoms with Gasteiger partial charge in [-0.2, -0.15) is 5.26 Å². The van der Waals surface area contributed by atoms with E-state index < -0.39 is 5.91 Å². The lowest BCUT2D eigenvalue weighted by molar-refractivity contribution is -0.112. The summed E-state index contributed by atoms with van der Waals surface area (Å²) in [6.45, 7) is 2.13. The zero-order valence-corrected chi connectivity index (χ0v) is 18.7. The van der Waals surface area contributed by atoms with Crippen LogP contribution in [0.5, 0.6) is 5.75 Å². The number of benzene rings is 3.